The van der Waals surface area contributed by atoms with E-state index in [9.17, 15) is 53.9 Å². The van der Waals surface area contributed by atoms with Crippen molar-refractivity contribution in [1.29, 1.82) is 0 Å². The first-order valence-corrected chi connectivity index (χ1v) is 41.0. The number of urea groups is 2. The maximum absolute atomic E-state index is 13.1. The second-order valence-electron chi connectivity index (χ2n) is 30.9. The molecule has 9 heterocycles. The second kappa shape index (κ2) is 35.6. The van der Waals surface area contributed by atoms with E-state index in [1.807, 2.05) is 18.2 Å². The molecule has 9 fully saturated rings. The summed E-state index contributed by atoms with van der Waals surface area (Å²) in [6.07, 6.45) is 4.89. The van der Waals surface area contributed by atoms with Crippen LogP contribution in [0.1, 0.15) is 184 Å². The Morgan fingerprint density at radius 1 is 0.427 bits per heavy atom. The van der Waals surface area contributed by atoms with E-state index in [1.54, 1.807) is 46.2 Å². The fourth-order valence-corrected chi connectivity index (χ4v) is 18.5. The van der Waals surface area contributed by atoms with Crippen molar-refractivity contribution in [2.75, 3.05) is 10.6 Å². The molecule has 9 aromatic rings. The monoisotopic (exact) mass is 1740 g/mol. The highest BCUT2D eigenvalue weighted by molar-refractivity contribution is 6.40. The smallest absolute Gasteiger partial charge is 0.373 e. The number of aliphatic imine (C=N–C) groups is 1. The van der Waals surface area contributed by atoms with Gasteiger partial charge in [-0.3, -0.25) is 0 Å². The molecule has 117 heavy (non-hydrogen) atoms. The van der Waals surface area contributed by atoms with Gasteiger partial charge in [0.2, 0.25) is 6.08 Å². The zero-order chi connectivity index (χ0) is 82.2. The van der Waals surface area contributed by atoms with Crippen molar-refractivity contribution in [3.63, 3.8) is 0 Å². The third-order valence-electron chi connectivity index (χ3n) is 22.8. The number of nitrogens with zero attached hydrogens (tertiary/aromatic N) is 6. The number of hydrogen-bond donors (Lipinski definition) is 3. The van der Waals surface area contributed by atoms with E-state index in [-0.39, 0.29) is 78.7 Å². The largest absolute Gasteiger partial charge is 0.416 e. The first-order chi connectivity index (χ1) is 56.1. The molecule has 6 saturated heterocycles. The number of carbonyl (C=O) groups is 2. The molecule has 618 valence electrons. The molecule has 0 radical (unpaired) electrons. The number of alkyl halides is 9. The molecular formula is C84H78Cl6F9N9O9. The average molecular weight is 1740 g/mol. The molecule has 18 rings (SSSR count). The Morgan fingerprint density at radius 3 is 1.03 bits per heavy atom. The Bertz CT molecular complexity index is 4840. The lowest BCUT2D eigenvalue weighted by Crippen LogP contribution is -2.50. The maximum Gasteiger partial charge on any atom is 0.416 e. The Kier molecular flexibility index (Phi) is 25.5. The van der Waals surface area contributed by atoms with Crippen molar-refractivity contribution in [2.45, 2.75) is 226 Å². The lowest BCUT2D eigenvalue weighted by atomic mass is 9.99. The van der Waals surface area contributed by atoms with Gasteiger partial charge in [-0.1, -0.05) is 121 Å². The minimum atomic E-state index is -4.48. The van der Waals surface area contributed by atoms with E-state index in [0.29, 0.717) is 121 Å². The van der Waals surface area contributed by atoms with Crippen molar-refractivity contribution >= 4 is 105 Å². The van der Waals surface area contributed by atoms with Crippen LogP contribution < -0.4 is 16.0 Å². The first kappa shape index (κ1) is 83.9. The molecule has 33 heteroatoms. The van der Waals surface area contributed by atoms with Gasteiger partial charge >= 0.3 is 30.6 Å². The van der Waals surface area contributed by atoms with Crippen LogP contribution in [0.2, 0.25) is 30.1 Å². The predicted molar refractivity (Wildman–Crippen MR) is 423 cm³/mol. The number of carbonyl (C=O) groups excluding carboxylic acids is 3. The van der Waals surface area contributed by atoms with Crippen LogP contribution >= 0.6 is 69.6 Å². The number of anilines is 2. The number of ether oxygens (including phenoxy) is 3. The van der Waals surface area contributed by atoms with Crippen molar-refractivity contribution < 1.29 is 81.7 Å². The number of amides is 4. The van der Waals surface area contributed by atoms with Crippen molar-refractivity contribution in [1.82, 2.24) is 30.6 Å². The third kappa shape index (κ3) is 19.8. The lowest BCUT2D eigenvalue weighted by Gasteiger charge is -2.38. The topological polar surface area (TPSA) is 212 Å². The summed E-state index contributed by atoms with van der Waals surface area (Å²) in [4.78, 5) is 42.5. The summed E-state index contributed by atoms with van der Waals surface area (Å²) in [6.45, 7) is 1.08. The summed E-state index contributed by atoms with van der Waals surface area (Å²) < 4.78 is 151. The third-order valence-corrected chi connectivity index (χ3v) is 24.7. The normalized spacial score (nSPS) is 22.6. The standard InChI is InChI=1S/2C28H26Cl2F3N3O3.C20H22Cl2N2O2.C8H4F3NO/c2*29-22-5-2-6-23(30)24(22)25-21(26(39-35-25)15-7-8-15)14-38-20-12-18-9-10-19(13-20)36(18)27(37)34-17-4-1-3-16(11-17)28(31,32)33;21-16-2-1-3-17(22)18(16)19-15(20(26-24-19)11-4-5-11)10-25-14-8-12-6-7-13(9-14)23-12;9-8(10,11)6-2-1-3-7(4-6)12-5-13/h2*1-6,11,15,18-20H,7-10,12-14H2,(H,34,37);1-3,11-14,23H,4-10H2;1-4H/t2*18-,19?,20?;12-,13?,14?;/m000./s1. The van der Waals surface area contributed by atoms with E-state index in [1.165, 1.54) is 55.3 Å². The van der Waals surface area contributed by atoms with E-state index >= 15 is 0 Å². The van der Waals surface area contributed by atoms with Crippen molar-refractivity contribution in [3.05, 3.63) is 208 Å². The number of hydrogen-bond acceptors (Lipinski definition) is 14. The number of aromatic nitrogens is 3. The quantitative estimate of drug-likeness (QED) is 0.0415. The number of benzene rings is 6. The van der Waals surface area contributed by atoms with E-state index in [0.717, 1.165) is 159 Å². The highest BCUT2D eigenvalue weighted by atomic mass is 35.5. The lowest BCUT2D eigenvalue weighted by molar-refractivity contribution is -0.138. The SMILES string of the molecule is Clc1cccc(Cl)c1-c1noc(C2CC2)c1COC1CC2CC[C@@H](C1)N2.O=C(Nc1cccc(C(F)(F)F)c1)N1C2CC[C@H]1CC(OCc1c(-c3c(Cl)cccc3Cl)noc1C1CC1)C2.O=C(Nc1cccc(C(F)(F)F)c1)N1C2CC[C@H]1CC(OCc1c(-c3c(Cl)cccc3Cl)noc1C1CC1)C2.O=C=Nc1cccc(C(F)(F)F)c1. The fourth-order valence-electron chi connectivity index (χ4n) is 16.8. The Morgan fingerprint density at radius 2 is 0.726 bits per heavy atom. The number of rotatable bonds is 18. The van der Waals surface area contributed by atoms with Gasteiger partial charge in [-0.15, -0.1) is 0 Å². The highest BCUT2D eigenvalue weighted by Gasteiger charge is 2.47. The van der Waals surface area contributed by atoms with Gasteiger partial charge in [0, 0.05) is 98.8 Å². The summed E-state index contributed by atoms with van der Waals surface area (Å²) in [6, 6.07) is 29.9. The zero-order valence-corrected chi connectivity index (χ0v) is 67.0. The summed E-state index contributed by atoms with van der Waals surface area (Å²) in [7, 11) is 0. The van der Waals surface area contributed by atoms with Gasteiger partial charge in [0.05, 0.1) is 90.6 Å². The number of piperidine rings is 3. The number of isocyanates is 1. The molecular weight excluding hydrogens is 1660 g/mol. The summed E-state index contributed by atoms with van der Waals surface area (Å²) >= 11 is 38.7. The molecule has 3 N–H and O–H groups in total. The van der Waals surface area contributed by atoms with Gasteiger partial charge in [-0.2, -0.15) is 44.5 Å². The van der Waals surface area contributed by atoms with Crippen LogP contribution in [0, 0.1) is 0 Å². The molecule has 4 amide bonds. The molecule has 6 aromatic carbocycles. The van der Waals surface area contributed by atoms with Crippen LogP contribution in [-0.2, 0) is 57.4 Å². The second-order valence-corrected chi connectivity index (χ2v) is 33.4. The van der Waals surface area contributed by atoms with Gasteiger partial charge < -0.3 is 53.5 Å². The number of fused-ring (bicyclic) bond motifs is 6. The van der Waals surface area contributed by atoms with Crippen LogP contribution in [0.5, 0.6) is 0 Å². The predicted octanol–water partition coefficient (Wildman–Crippen LogP) is 24.6. The van der Waals surface area contributed by atoms with Crippen LogP contribution in [0.3, 0.4) is 0 Å². The molecule has 9 aliphatic rings. The Hall–Kier alpha value is -8.18. The molecule has 3 aliphatic carbocycles. The van der Waals surface area contributed by atoms with Gasteiger partial charge in [-0.05, 0) is 207 Å². The Labute approximate surface area is 696 Å². The molecule has 6 unspecified atom stereocenters. The first-order valence-electron chi connectivity index (χ1n) is 38.8. The summed E-state index contributed by atoms with van der Waals surface area (Å²) in [5.41, 5.74) is 4.40. The van der Waals surface area contributed by atoms with Gasteiger partial charge in [0.15, 0.2) is 0 Å². The van der Waals surface area contributed by atoms with Crippen LogP contribution in [-0.4, -0.2) is 98.0 Å². The minimum Gasteiger partial charge on any atom is -0.373 e. The average Bonchev–Trinajstić information content (AvgIpc) is 1.63. The van der Waals surface area contributed by atoms with E-state index in [4.69, 9.17) is 97.4 Å². The van der Waals surface area contributed by atoms with Gasteiger partial charge in [0.1, 0.15) is 34.4 Å². The highest BCUT2D eigenvalue weighted by Crippen LogP contribution is 2.51. The molecule has 3 aromatic heterocycles. The van der Waals surface area contributed by atoms with Gasteiger partial charge in [0.25, 0.3) is 0 Å². The number of halogens is 15. The minimum absolute atomic E-state index is 0.0511. The van der Waals surface area contributed by atoms with E-state index in [2.05, 4.69) is 36.4 Å². The molecule has 6 aliphatic heterocycles. The zero-order valence-electron chi connectivity index (χ0n) is 62.4. The maximum atomic E-state index is 13.1. The molecule has 18 nitrogen and oxygen atoms in total. The van der Waals surface area contributed by atoms with E-state index < -0.39 is 35.2 Å². The van der Waals surface area contributed by atoms with Crippen molar-refractivity contribution in [3.8, 4) is 33.8 Å². The summed E-state index contributed by atoms with van der Waals surface area (Å²) in [5, 5.41) is 25.1. The molecule has 3 saturated carbocycles. The number of nitrogens with one attached hydrogen (secondary N) is 3. The molecule has 0 spiro atoms. The van der Waals surface area contributed by atoms with Crippen LogP contribution in [0.15, 0.2) is 146 Å². The molecule has 9 atom stereocenters. The fraction of sp³-hybridized carbons (Fsp3) is 0.429. The van der Waals surface area contributed by atoms with Crippen molar-refractivity contribution in [2.24, 2.45) is 4.99 Å². The van der Waals surface area contributed by atoms with Gasteiger partial charge in [-0.25, -0.2) is 14.4 Å². The van der Waals surface area contributed by atoms with Crippen LogP contribution in [0.4, 0.5) is 66.2 Å². The molecule has 6 bridgehead atoms. The summed E-state index contributed by atoms with van der Waals surface area (Å²) in [5.74, 6) is 3.64. The Balaban J connectivity index is 0.000000130. The van der Waals surface area contributed by atoms with Crippen LogP contribution in [0.25, 0.3) is 33.8 Å².